The van der Waals surface area contributed by atoms with Crippen molar-refractivity contribution >= 4 is 34.2 Å². The van der Waals surface area contributed by atoms with Gasteiger partial charge in [-0.25, -0.2) is 0 Å². The van der Waals surface area contributed by atoms with Gasteiger partial charge in [0.25, 0.3) is 5.91 Å². The van der Waals surface area contributed by atoms with Gasteiger partial charge >= 0.3 is 0 Å². The average Bonchev–Trinajstić information content (AvgIpc) is 2.62. The monoisotopic (exact) mass is 267 g/mol. The third-order valence-corrected chi connectivity index (χ3v) is 3.08. The number of carbonyl (C=O) groups is 1. The number of benzene rings is 1. The molecule has 1 atom stereocenters. The van der Waals surface area contributed by atoms with E-state index in [1.54, 1.807) is 17.8 Å². The molecule has 0 fully saturated rings. The molecule has 18 heavy (non-hydrogen) atoms. The summed E-state index contributed by atoms with van der Waals surface area (Å²) >= 11 is 6.14. The van der Waals surface area contributed by atoms with E-state index in [-0.39, 0.29) is 0 Å². The number of anilines is 1. The van der Waals surface area contributed by atoms with Crippen molar-refractivity contribution in [3.05, 3.63) is 22.7 Å². The third-order valence-electron chi connectivity index (χ3n) is 2.76. The van der Waals surface area contributed by atoms with Crippen LogP contribution in [0, 0.1) is 6.92 Å². The minimum Gasteiger partial charge on any atom is -0.384 e. The maximum Gasteiger partial charge on any atom is 0.254 e. The Morgan fingerprint density at radius 2 is 2.22 bits per heavy atom. The second-order valence-electron chi connectivity index (χ2n) is 4.23. The van der Waals surface area contributed by atoms with Gasteiger partial charge in [-0.05, 0) is 25.5 Å². The maximum absolute atomic E-state index is 11.5. The molecule has 0 aliphatic heterocycles. The number of fused-ring (bicyclic) bond motifs is 1. The summed E-state index contributed by atoms with van der Waals surface area (Å²) in [5.74, 6) is -0.139. The van der Waals surface area contributed by atoms with Crippen LogP contribution in [0.1, 0.15) is 12.5 Å². The highest BCUT2D eigenvalue weighted by Crippen LogP contribution is 2.31. The highest BCUT2D eigenvalue weighted by molar-refractivity contribution is 6.36. The summed E-state index contributed by atoms with van der Waals surface area (Å²) in [6, 6.07) is 3.66. The lowest BCUT2D eigenvalue weighted by atomic mass is 10.1. The Balaban J connectivity index is 2.59. The SMILES string of the molecule is Cc1ccc(Cl)c2c(NC(=O)[C@H](C)O)nn(C)c12. The molecule has 2 N–H and O–H groups in total. The highest BCUT2D eigenvalue weighted by atomic mass is 35.5. The Kier molecular flexibility index (Phi) is 3.28. The van der Waals surface area contributed by atoms with E-state index in [0.29, 0.717) is 16.2 Å². The number of aromatic nitrogens is 2. The van der Waals surface area contributed by atoms with E-state index in [9.17, 15) is 9.90 Å². The molecule has 96 valence electrons. The Labute approximate surface area is 109 Å². The number of amides is 1. The molecule has 1 heterocycles. The molecule has 1 amide bonds. The number of aliphatic hydroxyl groups is 1. The molecule has 0 unspecified atom stereocenters. The van der Waals surface area contributed by atoms with Crippen molar-refractivity contribution in [1.29, 1.82) is 0 Å². The number of carbonyl (C=O) groups excluding carboxylic acids is 1. The quantitative estimate of drug-likeness (QED) is 0.873. The fourth-order valence-electron chi connectivity index (χ4n) is 1.87. The van der Waals surface area contributed by atoms with Gasteiger partial charge < -0.3 is 10.4 Å². The third kappa shape index (κ3) is 2.07. The summed E-state index contributed by atoms with van der Waals surface area (Å²) in [4.78, 5) is 11.5. The Hall–Kier alpha value is -1.59. The molecule has 2 rings (SSSR count). The maximum atomic E-state index is 11.5. The zero-order valence-electron chi connectivity index (χ0n) is 10.4. The molecular weight excluding hydrogens is 254 g/mol. The summed E-state index contributed by atoms with van der Waals surface area (Å²) in [6.45, 7) is 3.34. The van der Waals surface area contributed by atoms with Crippen molar-refractivity contribution in [2.24, 2.45) is 7.05 Å². The molecule has 1 aromatic carbocycles. The number of rotatable bonds is 2. The van der Waals surface area contributed by atoms with E-state index in [1.165, 1.54) is 6.92 Å². The van der Waals surface area contributed by atoms with Crippen LogP contribution in [-0.4, -0.2) is 26.9 Å². The fourth-order valence-corrected chi connectivity index (χ4v) is 2.11. The molecule has 0 saturated carbocycles. The number of hydrogen-bond acceptors (Lipinski definition) is 3. The van der Waals surface area contributed by atoms with E-state index in [2.05, 4.69) is 10.4 Å². The summed E-state index contributed by atoms with van der Waals surface area (Å²) < 4.78 is 1.66. The summed E-state index contributed by atoms with van der Waals surface area (Å²) in [6.07, 6.45) is -1.09. The van der Waals surface area contributed by atoms with Crippen molar-refractivity contribution in [3.63, 3.8) is 0 Å². The molecular formula is C12H14ClN3O2. The first-order chi connectivity index (χ1) is 8.41. The lowest BCUT2D eigenvalue weighted by Gasteiger charge is -2.05. The van der Waals surface area contributed by atoms with Gasteiger partial charge in [-0.1, -0.05) is 17.7 Å². The molecule has 5 nitrogen and oxygen atoms in total. The van der Waals surface area contributed by atoms with Gasteiger partial charge in [-0.15, -0.1) is 0 Å². The van der Waals surface area contributed by atoms with Crippen molar-refractivity contribution in [1.82, 2.24) is 9.78 Å². The Bertz CT molecular complexity index is 619. The van der Waals surface area contributed by atoms with Crippen molar-refractivity contribution in [3.8, 4) is 0 Å². The van der Waals surface area contributed by atoms with Crippen LogP contribution in [0.2, 0.25) is 5.02 Å². The van der Waals surface area contributed by atoms with Crippen LogP contribution in [0.3, 0.4) is 0 Å². The first-order valence-corrected chi connectivity index (χ1v) is 5.90. The largest absolute Gasteiger partial charge is 0.384 e. The predicted octanol–water partition coefficient (Wildman–Crippen LogP) is 1.85. The second kappa shape index (κ2) is 4.59. The van der Waals surface area contributed by atoms with E-state index in [1.807, 2.05) is 13.0 Å². The Morgan fingerprint density at radius 3 is 2.83 bits per heavy atom. The first kappa shape index (κ1) is 12.9. The normalized spacial score (nSPS) is 12.7. The molecule has 0 aliphatic carbocycles. The smallest absolute Gasteiger partial charge is 0.254 e. The molecule has 0 bridgehead atoms. The highest BCUT2D eigenvalue weighted by Gasteiger charge is 2.17. The van der Waals surface area contributed by atoms with Crippen LogP contribution >= 0.6 is 11.6 Å². The topological polar surface area (TPSA) is 67.2 Å². The van der Waals surface area contributed by atoms with Crippen LogP contribution in [0.25, 0.3) is 10.9 Å². The van der Waals surface area contributed by atoms with Gasteiger partial charge in [0.05, 0.1) is 15.9 Å². The molecule has 0 aliphatic rings. The van der Waals surface area contributed by atoms with Gasteiger partial charge in [-0.2, -0.15) is 5.10 Å². The molecule has 1 aromatic heterocycles. The van der Waals surface area contributed by atoms with Gasteiger partial charge in [0, 0.05) is 7.05 Å². The van der Waals surface area contributed by atoms with Gasteiger partial charge in [0.15, 0.2) is 5.82 Å². The fraction of sp³-hybridized carbons (Fsp3) is 0.333. The van der Waals surface area contributed by atoms with E-state index in [0.717, 1.165) is 11.1 Å². The van der Waals surface area contributed by atoms with Crippen LogP contribution in [-0.2, 0) is 11.8 Å². The van der Waals surface area contributed by atoms with Crippen molar-refractivity contribution < 1.29 is 9.90 Å². The summed E-state index contributed by atoms with van der Waals surface area (Å²) in [7, 11) is 1.78. The zero-order chi connectivity index (χ0) is 13.4. The zero-order valence-corrected chi connectivity index (χ0v) is 11.1. The van der Waals surface area contributed by atoms with E-state index < -0.39 is 12.0 Å². The lowest BCUT2D eigenvalue weighted by molar-refractivity contribution is -0.123. The molecule has 0 radical (unpaired) electrons. The number of nitrogens with zero attached hydrogens (tertiary/aromatic N) is 2. The van der Waals surface area contributed by atoms with Crippen molar-refractivity contribution in [2.75, 3.05) is 5.32 Å². The van der Waals surface area contributed by atoms with Crippen LogP contribution in [0.15, 0.2) is 12.1 Å². The summed E-state index contributed by atoms with van der Waals surface area (Å²) in [5, 5.41) is 17.2. The minimum atomic E-state index is -1.09. The van der Waals surface area contributed by atoms with Crippen LogP contribution in [0.5, 0.6) is 0 Å². The molecule has 0 saturated heterocycles. The first-order valence-electron chi connectivity index (χ1n) is 5.52. The molecule has 2 aromatic rings. The van der Waals surface area contributed by atoms with E-state index >= 15 is 0 Å². The number of aryl methyl sites for hydroxylation is 2. The molecule has 0 spiro atoms. The van der Waals surface area contributed by atoms with Crippen molar-refractivity contribution in [2.45, 2.75) is 20.0 Å². The van der Waals surface area contributed by atoms with Crippen LogP contribution in [0.4, 0.5) is 5.82 Å². The second-order valence-corrected chi connectivity index (χ2v) is 4.63. The standard InChI is InChI=1S/C12H14ClN3O2/c1-6-4-5-8(13)9-10(6)16(3)15-11(9)14-12(18)7(2)17/h4-5,7,17H,1-3H3,(H,14,15,18)/t7-/m0/s1. The Morgan fingerprint density at radius 1 is 1.56 bits per heavy atom. The lowest BCUT2D eigenvalue weighted by Crippen LogP contribution is -2.24. The van der Waals surface area contributed by atoms with Gasteiger partial charge in [0.1, 0.15) is 6.10 Å². The average molecular weight is 268 g/mol. The number of aliphatic hydroxyl groups excluding tert-OH is 1. The number of halogens is 1. The summed E-state index contributed by atoms with van der Waals surface area (Å²) in [5.41, 5.74) is 1.88. The minimum absolute atomic E-state index is 0.368. The predicted molar refractivity (Wildman–Crippen MR) is 70.8 cm³/mol. The number of nitrogens with one attached hydrogen (secondary N) is 1. The van der Waals surface area contributed by atoms with Crippen LogP contribution < -0.4 is 5.32 Å². The number of hydrogen-bond donors (Lipinski definition) is 2. The molecule has 6 heteroatoms. The van der Waals surface area contributed by atoms with E-state index in [4.69, 9.17) is 11.6 Å². The van der Waals surface area contributed by atoms with Gasteiger partial charge in [0.2, 0.25) is 0 Å². The van der Waals surface area contributed by atoms with Gasteiger partial charge in [-0.3, -0.25) is 9.48 Å².